The van der Waals surface area contributed by atoms with E-state index in [1.807, 2.05) is 43.3 Å². The van der Waals surface area contributed by atoms with Gasteiger partial charge in [0.2, 0.25) is 5.88 Å². The molecule has 2 rings (SSSR count). The van der Waals surface area contributed by atoms with Crippen molar-refractivity contribution >= 4 is 11.6 Å². The van der Waals surface area contributed by atoms with Crippen LogP contribution in [0.25, 0.3) is 0 Å². The first-order valence-corrected chi connectivity index (χ1v) is 5.76. The smallest absolute Gasteiger partial charge is 0.222 e. The molecule has 5 nitrogen and oxygen atoms in total. The Balaban J connectivity index is 1.88. The molecule has 0 fully saturated rings. The standard InChI is InChI=1S/C13H17N3O2/c1-16(2)11-4-3-5-12(9-11)17-7-6-10-8-13(14)18-15-10/h3-5,8-9H,6-7,14H2,1-2H3. The Morgan fingerprint density at radius 1 is 1.33 bits per heavy atom. The van der Waals surface area contributed by atoms with Gasteiger partial charge in [0, 0.05) is 38.3 Å². The number of aromatic nitrogens is 1. The maximum absolute atomic E-state index is 5.66. The van der Waals surface area contributed by atoms with Gasteiger partial charge in [0.1, 0.15) is 5.75 Å². The lowest BCUT2D eigenvalue weighted by atomic mass is 10.3. The maximum atomic E-state index is 5.66. The molecule has 2 aromatic rings. The molecule has 0 aliphatic rings. The van der Waals surface area contributed by atoms with E-state index in [2.05, 4.69) is 5.16 Å². The van der Waals surface area contributed by atoms with Crippen LogP contribution >= 0.6 is 0 Å². The average Bonchev–Trinajstić information content (AvgIpc) is 2.75. The first-order valence-electron chi connectivity index (χ1n) is 5.76. The Morgan fingerprint density at radius 2 is 2.17 bits per heavy atom. The van der Waals surface area contributed by atoms with E-state index in [0.717, 1.165) is 17.1 Å². The lowest BCUT2D eigenvalue weighted by molar-refractivity contribution is 0.316. The zero-order valence-corrected chi connectivity index (χ0v) is 10.6. The second-order valence-electron chi connectivity index (χ2n) is 4.21. The van der Waals surface area contributed by atoms with Crippen LogP contribution in [-0.4, -0.2) is 25.9 Å². The summed E-state index contributed by atoms with van der Waals surface area (Å²) in [5.74, 6) is 1.18. The zero-order valence-electron chi connectivity index (χ0n) is 10.6. The average molecular weight is 247 g/mol. The van der Waals surface area contributed by atoms with E-state index in [9.17, 15) is 0 Å². The lowest BCUT2D eigenvalue weighted by Gasteiger charge is -2.13. The molecule has 5 heteroatoms. The molecule has 1 aromatic carbocycles. The van der Waals surface area contributed by atoms with E-state index in [-0.39, 0.29) is 0 Å². The van der Waals surface area contributed by atoms with Gasteiger partial charge in [-0.15, -0.1) is 0 Å². The van der Waals surface area contributed by atoms with E-state index >= 15 is 0 Å². The van der Waals surface area contributed by atoms with Crippen LogP contribution in [0.2, 0.25) is 0 Å². The number of nitrogen functional groups attached to an aromatic ring is 1. The second kappa shape index (κ2) is 5.44. The van der Waals surface area contributed by atoms with Crippen LogP contribution in [0.3, 0.4) is 0 Å². The van der Waals surface area contributed by atoms with Crippen LogP contribution in [0.1, 0.15) is 5.69 Å². The lowest BCUT2D eigenvalue weighted by Crippen LogP contribution is -2.09. The van der Waals surface area contributed by atoms with Crippen molar-refractivity contribution in [2.45, 2.75) is 6.42 Å². The number of hydrogen-bond acceptors (Lipinski definition) is 5. The van der Waals surface area contributed by atoms with Crippen molar-refractivity contribution < 1.29 is 9.26 Å². The van der Waals surface area contributed by atoms with Gasteiger partial charge in [0.05, 0.1) is 12.3 Å². The molecule has 0 radical (unpaired) electrons. The van der Waals surface area contributed by atoms with E-state index in [4.69, 9.17) is 15.0 Å². The molecule has 96 valence electrons. The summed E-state index contributed by atoms with van der Waals surface area (Å²) in [4.78, 5) is 2.03. The molecule has 0 unspecified atom stereocenters. The van der Waals surface area contributed by atoms with E-state index in [1.165, 1.54) is 0 Å². The monoisotopic (exact) mass is 247 g/mol. The summed E-state index contributed by atoms with van der Waals surface area (Å²) >= 11 is 0. The number of benzene rings is 1. The molecule has 0 saturated heterocycles. The summed E-state index contributed by atoms with van der Waals surface area (Å²) in [5, 5.41) is 3.80. The summed E-state index contributed by atoms with van der Waals surface area (Å²) in [6.45, 7) is 0.544. The second-order valence-corrected chi connectivity index (χ2v) is 4.21. The Morgan fingerprint density at radius 3 is 2.83 bits per heavy atom. The first-order chi connectivity index (χ1) is 8.65. The number of nitrogens with two attached hydrogens (primary N) is 1. The van der Waals surface area contributed by atoms with E-state index in [0.29, 0.717) is 18.9 Å². The fraction of sp³-hybridized carbons (Fsp3) is 0.308. The quantitative estimate of drug-likeness (QED) is 0.874. The molecular formula is C13H17N3O2. The van der Waals surface area contributed by atoms with Crippen molar-refractivity contribution in [3.05, 3.63) is 36.0 Å². The van der Waals surface area contributed by atoms with Gasteiger partial charge in [-0.1, -0.05) is 11.2 Å². The van der Waals surface area contributed by atoms with Crippen LogP contribution in [-0.2, 0) is 6.42 Å². The predicted octanol–water partition coefficient (Wildman–Crippen LogP) is 1.94. The van der Waals surface area contributed by atoms with Gasteiger partial charge in [-0.3, -0.25) is 0 Å². The topological polar surface area (TPSA) is 64.5 Å². The van der Waals surface area contributed by atoms with Crippen molar-refractivity contribution in [2.75, 3.05) is 31.3 Å². The van der Waals surface area contributed by atoms with Gasteiger partial charge in [-0.25, -0.2) is 0 Å². The molecule has 1 heterocycles. The molecule has 2 N–H and O–H groups in total. The molecular weight excluding hydrogens is 230 g/mol. The zero-order chi connectivity index (χ0) is 13.0. The van der Waals surface area contributed by atoms with Crippen LogP contribution < -0.4 is 15.4 Å². The predicted molar refractivity (Wildman–Crippen MR) is 70.9 cm³/mol. The van der Waals surface area contributed by atoms with E-state index in [1.54, 1.807) is 6.07 Å². The Kier molecular flexibility index (Phi) is 3.72. The highest BCUT2D eigenvalue weighted by atomic mass is 16.5. The molecule has 0 saturated carbocycles. The minimum absolute atomic E-state index is 0.333. The van der Waals surface area contributed by atoms with Crippen molar-refractivity contribution in [2.24, 2.45) is 0 Å². The molecule has 0 aliphatic carbocycles. The number of anilines is 2. The Bertz CT molecular complexity index is 508. The van der Waals surface area contributed by atoms with E-state index < -0.39 is 0 Å². The van der Waals surface area contributed by atoms with Crippen LogP contribution in [0.5, 0.6) is 5.75 Å². The number of ether oxygens (including phenoxy) is 1. The highest BCUT2D eigenvalue weighted by molar-refractivity contribution is 5.49. The minimum atomic E-state index is 0.333. The van der Waals surface area contributed by atoms with Gasteiger partial charge < -0.3 is 19.9 Å². The summed E-state index contributed by atoms with van der Waals surface area (Å²) in [6, 6.07) is 9.64. The van der Waals surface area contributed by atoms with Crippen LogP contribution in [0.15, 0.2) is 34.9 Å². The minimum Gasteiger partial charge on any atom is -0.493 e. The third kappa shape index (κ3) is 3.16. The molecule has 0 atom stereocenters. The maximum Gasteiger partial charge on any atom is 0.222 e. The van der Waals surface area contributed by atoms with Crippen LogP contribution in [0.4, 0.5) is 11.6 Å². The highest BCUT2D eigenvalue weighted by Crippen LogP contribution is 2.19. The third-order valence-corrected chi connectivity index (χ3v) is 2.54. The molecule has 0 aliphatic heterocycles. The normalized spacial score (nSPS) is 10.3. The van der Waals surface area contributed by atoms with Gasteiger partial charge >= 0.3 is 0 Å². The summed E-state index contributed by atoms with van der Waals surface area (Å²) in [6.07, 6.45) is 0.674. The number of rotatable bonds is 5. The fourth-order valence-corrected chi connectivity index (χ4v) is 1.57. The van der Waals surface area contributed by atoms with Crippen molar-refractivity contribution in [3.63, 3.8) is 0 Å². The Labute approximate surface area is 106 Å². The van der Waals surface area contributed by atoms with Gasteiger partial charge in [0.25, 0.3) is 0 Å². The third-order valence-electron chi connectivity index (χ3n) is 2.54. The molecule has 18 heavy (non-hydrogen) atoms. The van der Waals surface area contributed by atoms with Crippen molar-refractivity contribution in [3.8, 4) is 5.75 Å². The molecule has 0 spiro atoms. The summed E-state index contributed by atoms with van der Waals surface area (Å²) in [5.41, 5.74) is 7.35. The van der Waals surface area contributed by atoms with Crippen LogP contribution in [0, 0.1) is 0 Å². The SMILES string of the molecule is CN(C)c1cccc(OCCc2cc(N)on2)c1. The summed E-state index contributed by atoms with van der Waals surface area (Å²) in [7, 11) is 3.99. The van der Waals surface area contributed by atoms with Crippen molar-refractivity contribution in [1.29, 1.82) is 0 Å². The fourth-order valence-electron chi connectivity index (χ4n) is 1.57. The molecule has 1 aromatic heterocycles. The summed E-state index contributed by atoms with van der Waals surface area (Å²) < 4.78 is 10.4. The Hall–Kier alpha value is -2.17. The number of nitrogens with zero attached hydrogens (tertiary/aromatic N) is 2. The molecule has 0 amide bonds. The first kappa shape index (κ1) is 12.3. The van der Waals surface area contributed by atoms with Gasteiger partial charge in [-0.2, -0.15) is 0 Å². The largest absolute Gasteiger partial charge is 0.493 e. The molecule has 0 bridgehead atoms. The number of hydrogen-bond donors (Lipinski definition) is 1. The van der Waals surface area contributed by atoms with Gasteiger partial charge in [0.15, 0.2) is 0 Å². The van der Waals surface area contributed by atoms with Crippen molar-refractivity contribution in [1.82, 2.24) is 5.16 Å². The highest BCUT2D eigenvalue weighted by Gasteiger charge is 2.02. The van der Waals surface area contributed by atoms with Gasteiger partial charge in [-0.05, 0) is 12.1 Å².